The average Bonchev–Trinajstić information content (AvgIpc) is 2.79. The molecule has 2 aliphatic heterocycles. The zero-order chi connectivity index (χ0) is 21.4. The quantitative estimate of drug-likeness (QED) is 0.548. The third-order valence-electron chi connectivity index (χ3n) is 6.86. The first kappa shape index (κ1) is 23.0. The Bertz CT molecular complexity index is 649. The van der Waals surface area contributed by atoms with Gasteiger partial charge in [-0.05, 0) is 45.8 Å². The fraction of sp³-hybridized carbons (Fsp3) is 0.708. The van der Waals surface area contributed by atoms with E-state index in [2.05, 4.69) is 78.3 Å². The zero-order valence-corrected chi connectivity index (χ0v) is 19.4. The van der Waals surface area contributed by atoms with Gasteiger partial charge in [-0.1, -0.05) is 37.3 Å². The topological polar surface area (TPSA) is 43.3 Å². The molecule has 0 radical (unpaired) electrons. The van der Waals surface area contributed by atoms with E-state index in [1.165, 1.54) is 5.56 Å². The number of hydrogen-bond acceptors (Lipinski definition) is 4. The first-order valence-electron chi connectivity index (χ1n) is 11.7. The third-order valence-corrected chi connectivity index (χ3v) is 6.86. The van der Waals surface area contributed by atoms with Crippen molar-refractivity contribution in [2.24, 2.45) is 4.99 Å². The summed E-state index contributed by atoms with van der Waals surface area (Å²) in [6, 6.07) is 11.4. The van der Waals surface area contributed by atoms with Gasteiger partial charge in [0.05, 0.1) is 6.54 Å². The lowest BCUT2D eigenvalue weighted by molar-refractivity contribution is -0.00269. The van der Waals surface area contributed by atoms with Crippen molar-refractivity contribution in [1.29, 1.82) is 0 Å². The lowest BCUT2D eigenvalue weighted by atomic mass is 9.89. The molecule has 6 heteroatoms. The van der Waals surface area contributed by atoms with Gasteiger partial charge in [0.15, 0.2) is 5.96 Å². The van der Waals surface area contributed by atoms with Gasteiger partial charge in [-0.3, -0.25) is 9.89 Å². The number of aliphatic imine (C=N–C) groups is 1. The maximum atomic E-state index is 5.62. The predicted octanol–water partition coefficient (Wildman–Crippen LogP) is 2.83. The van der Waals surface area contributed by atoms with Gasteiger partial charge in [0, 0.05) is 57.5 Å². The smallest absolute Gasteiger partial charge is 0.194 e. The molecule has 0 saturated carbocycles. The van der Waals surface area contributed by atoms with Gasteiger partial charge in [-0.15, -0.1) is 0 Å². The average molecular weight is 416 g/mol. The van der Waals surface area contributed by atoms with Gasteiger partial charge < -0.3 is 19.9 Å². The second kappa shape index (κ2) is 11.1. The van der Waals surface area contributed by atoms with Crippen LogP contribution in [0.5, 0.6) is 0 Å². The lowest BCUT2D eigenvalue weighted by Gasteiger charge is -2.43. The van der Waals surface area contributed by atoms with E-state index in [1.54, 1.807) is 0 Å². The van der Waals surface area contributed by atoms with E-state index in [0.29, 0.717) is 6.04 Å². The van der Waals surface area contributed by atoms with Gasteiger partial charge in [0.25, 0.3) is 0 Å². The van der Waals surface area contributed by atoms with Gasteiger partial charge in [-0.2, -0.15) is 0 Å². The summed E-state index contributed by atoms with van der Waals surface area (Å²) in [5.41, 5.74) is 1.54. The molecule has 2 fully saturated rings. The van der Waals surface area contributed by atoms with Crippen LogP contribution >= 0.6 is 0 Å². The molecule has 1 atom stereocenters. The molecule has 1 aromatic rings. The molecule has 30 heavy (non-hydrogen) atoms. The molecule has 2 saturated heterocycles. The van der Waals surface area contributed by atoms with Crippen molar-refractivity contribution in [3.05, 3.63) is 35.9 Å². The molecule has 0 spiro atoms. The standard InChI is InChI=1S/C24H41N5O/c1-5-22(21-10-8-7-9-11-21)28-14-16-29(17-15-28)23(25-6-2)26-20-24(27(3)4)12-18-30-19-13-24/h7-11,22H,5-6,12-20H2,1-4H3,(H,25,26). The van der Waals surface area contributed by atoms with E-state index in [1.807, 2.05) is 0 Å². The summed E-state index contributed by atoms with van der Waals surface area (Å²) in [7, 11) is 4.36. The highest BCUT2D eigenvalue weighted by molar-refractivity contribution is 5.80. The molecule has 2 aliphatic rings. The summed E-state index contributed by atoms with van der Waals surface area (Å²) in [6.07, 6.45) is 3.24. The number of nitrogens with zero attached hydrogens (tertiary/aromatic N) is 4. The highest BCUT2D eigenvalue weighted by Gasteiger charge is 2.35. The van der Waals surface area contributed by atoms with Crippen molar-refractivity contribution >= 4 is 5.96 Å². The summed E-state index contributed by atoms with van der Waals surface area (Å²) in [6.45, 7) is 12.0. The third kappa shape index (κ3) is 5.54. The number of hydrogen-bond donors (Lipinski definition) is 1. The lowest BCUT2D eigenvalue weighted by Crippen LogP contribution is -2.54. The summed E-state index contributed by atoms with van der Waals surface area (Å²) < 4.78 is 5.62. The van der Waals surface area contributed by atoms with Crippen LogP contribution in [-0.4, -0.2) is 92.8 Å². The van der Waals surface area contributed by atoms with E-state index >= 15 is 0 Å². The second-order valence-electron chi connectivity index (χ2n) is 8.76. The number of rotatable bonds is 7. The number of ether oxygens (including phenoxy) is 1. The second-order valence-corrected chi connectivity index (χ2v) is 8.76. The number of likely N-dealkylation sites (N-methyl/N-ethyl adjacent to an activating group) is 1. The molecule has 0 amide bonds. The normalized spacial score (nSPS) is 21.6. The summed E-state index contributed by atoms with van der Waals surface area (Å²) in [5.74, 6) is 1.07. The van der Waals surface area contributed by atoms with E-state index in [9.17, 15) is 0 Å². The fourth-order valence-corrected chi connectivity index (χ4v) is 4.77. The first-order valence-corrected chi connectivity index (χ1v) is 11.7. The fourth-order valence-electron chi connectivity index (χ4n) is 4.77. The van der Waals surface area contributed by atoms with Crippen molar-refractivity contribution in [3.63, 3.8) is 0 Å². The molecule has 3 rings (SSSR count). The van der Waals surface area contributed by atoms with Gasteiger partial charge in [-0.25, -0.2) is 0 Å². The number of guanidine groups is 1. The van der Waals surface area contributed by atoms with Gasteiger partial charge >= 0.3 is 0 Å². The van der Waals surface area contributed by atoms with Crippen LogP contribution in [0.4, 0.5) is 0 Å². The highest BCUT2D eigenvalue weighted by Crippen LogP contribution is 2.27. The van der Waals surface area contributed by atoms with Crippen LogP contribution in [0.2, 0.25) is 0 Å². The van der Waals surface area contributed by atoms with Crippen LogP contribution in [0.25, 0.3) is 0 Å². The van der Waals surface area contributed by atoms with Crippen molar-refractivity contribution in [2.75, 3.05) is 66.6 Å². The molecule has 1 unspecified atom stereocenters. The van der Waals surface area contributed by atoms with Crippen LogP contribution < -0.4 is 5.32 Å². The maximum absolute atomic E-state index is 5.62. The molecule has 1 aromatic carbocycles. The van der Waals surface area contributed by atoms with Crippen molar-refractivity contribution in [1.82, 2.24) is 20.0 Å². The van der Waals surface area contributed by atoms with Crippen molar-refractivity contribution < 1.29 is 4.74 Å². The van der Waals surface area contributed by atoms with Crippen molar-refractivity contribution in [2.45, 2.75) is 44.7 Å². The summed E-state index contributed by atoms with van der Waals surface area (Å²) >= 11 is 0. The zero-order valence-electron chi connectivity index (χ0n) is 19.4. The molecule has 1 N–H and O–H groups in total. The van der Waals surface area contributed by atoms with Crippen LogP contribution in [0.15, 0.2) is 35.3 Å². The van der Waals surface area contributed by atoms with Gasteiger partial charge in [0.1, 0.15) is 0 Å². The Balaban J connectivity index is 1.64. The van der Waals surface area contributed by atoms with E-state index < -0.39 is 0 Å². The van der Waals surface area contributed by atoms with Crippen LogP contribution in [-0.2, 0) is 4.74 Å². The minimum atomic E-state index is 0.112. The molecule has 168 valence electrons. The van der Waals surface area contributed by atoms with E-state index in [4.69, 9.17) is 9.73 Å². The number of piperazine rings is 1. The van der Waals surface area contributed by atoms with Crippen molar-refractivity contribution in [3.8, 4) is 0 Å². The molecule has 0 bridgehead atoms. The monoisotopic (exact) mass is 415 g/mol. The predicted molar refractivity (Wildman–Crippen MR) is 125 cm³/mol. The molecular weight excluding hydrogens is 374 g/mol. The highest BCUT2D eigenvalue weighted by atomic mass is 16.5. The number of benzene rings is 1. The van der Waals surface area contributed by atoms with Crippen LogP contribution in [0.1, 0.15) is 44.7 Å². The largest absolute Gasteiger partial charge is 0.381 e. The minimum Gasteiger partial charge on any atom is -0.381 e. The Labute approximate surface area is 183 Å². The number of nitrogens with one attached hydrogen (secondary N) is 1. The Kier molecular flexibility index (Phi) is 8.54. The molecular formula is C24H41N5O. The SMILES string of the molecule is CCNC(=NCC1(N(C)C)CCOCC1)N1CCN(C(CC)c2ccccc2)CC1. The van der Waals surface area contributed by atoms with E-state index in [-0.39, 0.29) is 5.54 Å². The molecule has 2 heterocycles. The summed E-state index contributed by atoms with van der Waals surface area (Å²) in [5, 5.41) is 3.55. The maximum Gasteiger partial charge on any atom is 0.194 e. The van der Waals surface area contributed by atoms with E-state index in [0.717, 1.165) is 77.7 Å². The van der Waals surface area contributed by atoms with Crippen LogP contribution in [0.3, 0.4) is 0 Å². The van der Waals surface area contributed by atoms with Gasteiger partial charge in [0.2, 0.25) is 0 Å². The Morgan fingerprint density at radius 2 is 1.77 bits per heavy atom. The Morgan fingerprint density at radius 3 is 2.33 bits per heavy atom. The Hall–Kier alpha value is -1.63. The molecule has 6 nitrogen and oxygen atoms in total. The first-order chi connectivity index (χ1) is 14.6. The molecule has 0 aliphatic carbocycles. The molecule has 0 aromatic heterocycles. The summed E-state index contributed by atoms with van der Waals surface area (Å²) in [4.78, 5) is 12.6. The Morgan fingerprint density at radius 1 is 1.10 bits per heavy atom. The van der Waals surface area contributed by atoms with Crippen LogP contribution in [0, 0.1) is 0 Å². The minimum absolute atomic E-state index is 0.112.